The molecule has 11 heavy (non-hydrogen) atoms. The number of hydrogen-bond acceptors (Lipinski definition) is 1. The minimum atomic E-state index is 0.724. The molecule has 0 aliphatic carbocycles. The zero-order valence-electron chi connectivity index (χ0n) is 6.72. The Hall–Kier alpha value is -1.11. The molecule has 1 radical (unpaired) electrons. The van der Waals surface area contributed by atoms with Crippen LogP contribution >= 0.6 is 0 Å². The van der Waals surface area contributed by atoms with Crippen LogP contribution in [-0.2, 0) is 0 Å². The van der Waals surface area contributed by atoms with E-state index in [4.69, 9.17) is 5.41 Å². The van der Waals surface area contributed by atoms with Gasteiger partial charge >= 0.3 is 0 Å². The van der Waals surface area contributed by atoms with E-state index >= 15 is 0 Å². The molecule has 1 aromatic rings. The zero-order valence-corrected chi connectivity index (χ0v) is 6.72. The van der Waals surface area contributed by atoms with Gasteiger partial charge in [-0.05, 0) is 18.1 Å². The van der Waals surface area contributed by atoms with Crippen LogP contribution in [0.3, 0.4) is 0 Å². The van der Waals surface area contributed by atoms with E-state index in [1.54, 1.807) is 0 Å². The van der Waals surface area contributed by atoms with Crippen molar-refractivity contribution in [3.63, 3.8) is 0 Å². The number of hydrogen-bond donors (Lipinski definition) is 1. The van der Waals surface area contributed by atoms with Gasteiger partial charge in [0, 0.05) is 5.71 Å². The standard InChI is InChI=1S/C10H12N/c1-2-6-10(11)9-7-4-3-5-8-9/h4-5,7-8,11H,2,6H2,1H3. The number of rotatable bonds is 3. The largest absolute Gasteiger partial charge is 0.305 e. The summed E-state index contributed by atoms with van der Waals surface area (Å²) in [7, 11) is 0. The quantitative estimate of drug-likeness (QED) is 0.634. The first-order valence-corrected chi connectivity index (χ1v) is 3.88. The summed E-state index contributed by atoms with van der Waals surface area (Å²) in [6.45, 7) is 2.09. The van der Waals surface area contributed by atoms with E-state index in [0.717, 1.165) is 24.1 Å². The molecular weight excluding hydrogens is 134 g/mol. The maximum Gasteiger partial charge on any atom is 0.0386 e. The molecule has 0 bridgehead atoms. The van der Waals surface area contributed by atoms with Gasteiger partial charge in [-0.3, -0.25) is 0 Å². The lowest BCUT2D eigenvalue weighted by Crippen LogP contribution is -1.96. The molecule has 0 aliphatic heterocycles. The Kier molecular flexibility index (Phi) is 2.84. The Morgan fingerprint density at radius 2 is 2.09 bits per heavy atom. The fourth-order valence-corrected chi connectivity index (χ4v) is 0.982. The predicted octanol–water partition coefficient (Wildman–Crippen LogP) is 2.65. The lowest BCUT2D eigenvalue weighted by molar-refractivity contribution is 0.986. The summed E-state index contributed by atoms with van der Waals surface area (Å²) in [6.07, 6.45) is 1.90. The summed E-state index contributed by atoms with van der Waals surface area (Å²) in [6, 6.07) is 10.5. The molecule has 1 rings (SSSR count). The van der Waals surface area contributed by atoms with Gasteiger partial charge in [0.05, 0.1) is 0 Å². The van der Waals surface area contributed by atoms with E-state index in [0.29, 0.717) is 0 Å². The zero-order chi connectivity index (χ0) is 8.10. The summed E-state index contributed by atoms with van der Waals surface area (Å²) < 4.78 is 0. The molecule has 0 spiro atoms. The molecule has 0 atom stereocenters. The van der Waals surface area contributed by atoms with Crippen molar-refractivity contribution < 1.29 is 0 Å². The van der Waals surface area contributed by atoms with E-state index in [9.17, 15) is 0 Å². The van der Waals surface area contributed by atoms with Crippen LogP contribution in [-0.4, -0.2) is 5.71 Å². The Bertz CT molecular complexity index is 226. The van der Waals surface area contributed by atoms with Crippen molar-refractivity contribution in [1.82, 2.24) is 0 Å². The number of benzene rings is 1. The fraction of sp³-hybridized carbons (Fsp3) is 0.300. The highest BCUT2D eigenvalue weighted by atomic mass is 14.4. The van der Waals surface area contributed by atoms with E-state index in [2.05, 4.69) is 13.0 Å². The maximum atomic E-state index is 7.62. The normalized spacial score (nSPS) is 9.55. The molecule has 1 nitrogen and oxygen atoms in total. The van der Waals surface area contributed by atoms with Crippen molar-refractivity contribution in [3.8, 4) is 0 Å². The minimum absolute atomic E-state index is 0.724. The molecule has 1 heteroatoms. The summed E-state index contributed by atoms with van der Waals surface area (Å²) in [4.78, 5) is 0. The highest BCUT2D eigenvalue weighted by Gasteiger charge is 1.96. The fourth-order valence-electron chi connectivity index (χ4n) is 0.982. The second kappa shape index (κ2) is 3.91. The van der Waals surface area contributed by atoms with Crippen molar-refractivity contribution in [3.05, 3.63) is 35.9 Å². The van der Waals surface area contributed by atoms with Gasteiger partial charge in [-0.15, -0.1) is 0 Å². The van der Waals surface area contributed by atoms with Gasteiger partial charge in [0.25, 0.3) is 0 Å². The third-order valence-electron chi connectivity index (χ3n) is 1.57. The molecule has 0 aromatic heterocycles. The molecule has 0 saturated carbocycles. The summed E-state index contributed by atoms with van der Waals surface area (Å²) >= 11 is 0. The number of nitrogens with one attached hydrogen (secondary N) is 1. The van der Waals surface area contributed by atoms with Gasteiger partial charge in [-0.2, -0.15) is 0 Å². The third kappa shape index (κ3) is 2.19. The minimum Gasteiger partial charge on any atom is -0.305 e. The molecule has 0 amide bonds. The first kappa shape index (κ1) is 7.99. The first-order chi connectivity index (χ1) is 5.34. The molecule has 0 unspecified atom stereocenters. The van der Waals surface area contributed by atoms with Crippen molar-refractivity contribution in [1.29, 1.82) is 5.41 Å². The summed E-state index contributed by atoms with van der Waals surface area (Å²) in [5, 5.41) is 7.62. The maximum absolute atomic E-state index is 7.62. The molecule has 0 saturated heterocycles. The Morgan fingerprint density at radius 1 is 1.45 bits per heavy atom. The molecule has 0 heterocycles. The Balaban J connectivity index is 2.69. The van der Waals surface area contributed by atoms with E-state index in [1.165, 1.54) is 0 Å². The van der Waals surface area contributed by atoms with Gasteiger partial charge in [-0.25, -0.2) is 0 Å². The van der Waals surface area contributed by atoms with Crippen LogP contribution in [0.4, 0.5) is 0 Å². The Labute approximate surface area is 67.6 Å². The van der Waals surface area contributed by atoms with Crippen LogP contribution in [0.15, 0.2) is 24.3 Å². The van der Waals surface area contributed by atoms with E-state index in [1.807, 2.05) is 24.3 Å². The summed E-state index contributed by atoms with van der Waals surface area (Å²) in [5.41, 5.74) is 1.74. The van der Waals surface area contributed by atoms with Crippen molar-refractivity contribution in [2.45, 2.75) is 19.8 Å². The second-order valence-corrected chi connectivity index (χ2v) is 2.52. The van der Waals surface area contributed by atoms with Crippen LogP contribution in [0.5, 0.6) is 0 Å². The second-order valence-electron chi connectivity index (χ2n) is 2.52. The van der Waals surface area contributed by atoms with Gasteiger partial charge < -0.3 is 5.41 Å². The molecule has 0 fully saturated rings. The molecule has 1 aromatic carbocycles. The average molecular weight is 146 g/mol. The first-order valence-electron chi connectivity index (χ1n) is 3.88. The molecule has 57 valence electrons. The Morgan fingerprint density at radius 3 is 2.64 bits per heavy atom. The predicted molar refractivity (Wildman–Crippen MR) is 47.0 cm³/mol. The van der Waals surface area contributed by atoms with Gasteiger partial charge in [-0.1, -0.05) is 37.6 Å². The summed E-state index contributed by atoms with van der Waals surface area (Å²) in [5.74, 6) is 0. The van der Waals surface area contributed by atoms with Crippen molar-refractivity contribution >= 4 is 5.71 Å². The van der Waals surface area contributed by atoms with E-state index < -0.39 is 0 Å². The van der Waals surface area contributed by atoms with Gasteiger partial charge in [0.15, 0.2) is 0 Å². The highest BCUT2D eigenvalue weighted by molar-refractivity contribution is 5.97. The molecule has 1 N–H and O–H groups in total. The smallest absolute Gasteiger partial charge is 0.0386 e. The van der Waals surface area contributed by atoms with Crippen LogP contribution in [0.2, 0.25) is 0 Å². The van der Waals surface area contributed by atoms with Gasteiger partial charge in [0.1, 0.15) is 0 Å². The van der Waals surface area contributed by atoms with Crippen molar-refractivity contribution in [2.24, 2.45) is 0 Å². The lowest BCUT2D eigenvalue weighted by atomic mass is 10.1. The van der Waals surface area contributed by atoms with Crippen LogP contribution < -0.4 is 0 Å². The third-order valence-corrected chi connectivity index (χ3v) is 1.57. The average Bonchev–Trinajstić information content (AvgIpc) is 2.07. The van der Waals surface area contributed by atoms with E-state index in [-0.39, 0.29) is 0 Å². The van der Waals surface area contributed by atoms with Gasteiger partial charge in [0.2, 0.25) is 0 Å². The SMILES string of the molecule is CCCC(=N)c1cc[c]cc1. The molecule has 0 aliphatic rings. The van der Waals surface area contributed by atoms with Crippen molar-refractivity contribution in [2.75, 3.05) is 0 Å². The highest BCUT2D eigenvalue weighted by Crippen LogP contribution is 2.03. The lowest BCUT2D eigenvalue weighted by Gasteiger charge is -1.99. The molecular formula is C10H12N. The van der Waals surface area contributed by atoms with Crippen LogP contribution in [0.1, 0.15) is 25.3 Å². The topological polar surface area (TPSA) is 23.9 Å². The van der Waals surface area contributed by atoms with Crippen LogP contribution in [0.25, 0.3) is 0 Å². The van der Waals surface area contributed by atoms with Crippen LogP contribution in [0, 0.1) is 11.5 Å². The monoisotopic (exact) mass is 146 g/mol.